The molecule has 0 saturated carbocycles. The molecule has 0 aliphatic rings. The summed E-state index contributed by atoms with van der Waals surface area (Å²) in [6, 6.07) is 7.37. The van der Waals surface area contributed by atoms with Crippen LogP contribution in [-0.2, 0) is 10.0 Å². The summed E-state index contributed by atoms with van der Waals surface area (Å²) in [5.41, 5.74) is 6.03. The molecule has 1 atom stereocenters. The number of hydrogen-bond acceptors (Lipinski definition) is 5. The average molecular weight is 362 g/mol. The van der Waals surface area contributed by atoms with Gasteiger partial charge in [-0.25, -0.2) is 13.1 Å². The van der Waals surface area contributed by atoms with Crippen molar-refractivity contribution >= 4 is 38.9 Å². The largest absolute Gasteiger partial charge is 0.396 e. The summed E-state index contributed by atoms with van der Waals surface area (Å²) in [6.45, 7) is -0.237. The van der Waals surface area contributed by atoms with Crippen LogP contribution in [0.4, 0.5) is 5.69 Å². The van der Waals surface area contributed by atoms with E-state index in [1.54, 1.807) is 18.2 Å². The molecule has 0 spiro atoms. The molecule has 1 heterocycles. The number of anilines is 1. The Morgan fingerprint density at radius 3 is 2.45 bits per heavy atom. The first kappa shape index (κ1) is 17.0. The van der Waals surface area contributed by atoms with Crippen LogP contribution in [0.2, 0.25) is 10.0 Å². The van der Waals surface area contributed by atoms with Gasteiger partial charge in [0.25, 0.3) is 0 Å². The minimum atomic E-state index is -3.89. The number of rotatable bonds is 5. The van der Waals surface area contributed by atoms with Gasteiger partial charge >= 0.3 is 0 Å². The van der Waals surface area contributed by atoms with E-state index >= 15 is 0 Å². The molecular weight excluding hydrogens is 349 g/mol. The fourth-order valence-corrected chi connectivity index (χ4v) is 3.37. The number of sulfonamides is 1. The first-order valence-electron chi connectivity index (χ1n) is 6.14. The zero-order valence-corrected chi connectivity index (χ0v) is 13.5. The molecule has 118 valence electrons. The van der Waals surface area contributed by atoms with Crippen molar-refractivity contribution in [1.82, 2.24) is 9.71 Å². The van der Waals surface area contributed by atoms with Gasteiger partial charge in [0.2, 0.25) is 10.0 Å². The van der Waals surface area contributed by atoms with Crippen LogP contribution in [0.25, 0.3) is 0 Å². The van der Waals surface area contributed by atoms with Crippen molar-refractivity contribution in [1.29, 1.82) is 0 Å². The van der Waals surface area contributed by atoms with E-state index in [0.717, 1.165) is 0 Å². The highest BCUT2D eigenvalue weighted by Crippen LogP contribution is 2.30. The predicted octanol–water partition coefficient (Wildman–Crippen LogP) is 1.98. The van der Waals surface area contributed by atoms with Crippen LogP contribution in [0.5, 0.6) is 0 Å². The molecule has 9 heteroatoms. The number of benzene rings is 1. The zero-order chi connectivity index (χ0) is 16.3. The van der Waals surface area contributed by atoms with E-state index in [9.17, 15) is 13.5 Å². The zero-order valence-electron chi connectivity index (χ0n) is 11.2. The van der Waals surface area contributed by atoms with Gasteiger partial charge in [0, 0.05) is 12.7 Å². The number of nitrogens with one attached hydrogen (secondary N) is 1. The van der Waals surface area contributed by atoms with Gasteiger partial charge in [-0.1, -0.05) is 29.3 Å². The van der Waals surface area contributed by atoms with Gasteiger partial charge in [-0.2, -0.15) is 0 Å². The van der Waals surface area contributed by atoms with Crippen LogP contribution in [0.3, 0.4) is 0 Å². The van der Waals surface area contributed by atoms with Gasteiger partial charge in [0.15, 0.2) is 0 Å². The number of nitrogens with two attached hydrogens (primary N) is 1. The van der Waals surface area contributed by atoms with Crippen LogP contribution in [0, 0.1) is 0 Å². The lowest BCUT2D eigenvalue weighted by Gasteiger charge is -2.12. The summed E-state index contributed by atoms with van der Waals surface area (Å²) in [6.07, 6.45) is 0.433. The lowest BCUT2D eigenvalue weighted by molar-refractivity contribution is 0.177. The number of nitrogen functional groups attached to an aromatic ring is 1. The molecule has 0 radical (unpaired) electrons. The summed E-state index contributed by atoms with van der Waals surface area (Å²) in [7, 11) is -3.89. The van der Waals surface area contributed by atoms with Crippen molar-refractivity contribution in [2.45, 2.75) is 11.0 Å². The third kappa shape index (κ3) is 3.88. The number of halogens is 2. The van der Waals surface area contributed by atoms with Crippen LogP contribution in [0.15, 0.2) is 41.4 Å². The highest BCUT2D eigenvalue weighted by Gasteiger charge is 2.19. The lowest BCUT2D eigenvalue weighted by Crippen LogP contribution is -2.29. The van der Waals surface area contributed by atoms with Gasteiger partial charge < -0.3 is 10.8 Å². The van der Waals surface area contributed by atoms with Crippen molar-refractivity contribution < 1.29 is 13.5 Å². The minimum Gasteiger partial charge on any atom is -0.396 e. The molecule has 0 aliphatic carbocycles. The van der Waals surface area contributed by atoms with Gasteiger partial charge in [-0.15, -0.1) is 0 Å². The summed E-state index contributed by atoms with van der Waals surface area (Å²) in [5, 5.41) is 10.0. The normalized spacial score (nSPS) is 13.0. The molecule has 0 saturated heterocycles. The van der Waals surface area contributed by atoms with Crippen molar-refractivity contribution in [3.63, 3.8) is 0 Å². The molecule has 22 heavy (non-hydrogen) atoms. The average Bonchev–Trinajstić information content (AvgIpc) is 2.50. The number of aliphatic hydroxyl groups is 1. The van der Waals surface area contributed by atoms with Crippen molar-refractivity contribution in [3.8, 4) is 0 Å². The topological polar surface area (TPSA) is 105 Å². The van der Waals surface area contributed by atoms with Crippen molar-refractivity contribution in [2.24, 2.45) is 0 Å². The van der Waals surface area contributed by atoms with Gasteiger partial charge in [-0.05, 0) is 24.3 Å². The van der Waals surface area contributed by atoms with E-state index in [1.165, 1.54) is 18.3 Å². The predicted molar refractivity (Wildman–Crippen MR) is 85.3 cm³/mol. The number of aromatic nitrogens is 1. The molecule has 0 fully saturated rings. The third-order valence-electron chi connectivity index (χ3n) is 2.86. The monoisotopic (exact) mass is 361 g/mol. The molecule has 6 nitrogen and oxygen atoms in total. The van der Waals surface area contributed by atoms with E-state index in [2.05, 4.69) is 9.71 Å². The van der Waals surface area contributed by atoms with Gasteiger partial charge in [0.1, 0.15) is 6.10 Å². The standard InChI is InChI=1S/C13H13Cl2N3O3S/c14-9-5-8(6-10(15)13(9)16)22(20,21)18-7-12(19)11-3-1-2-4-17-11/h1-6,12,18-19H,7,16H2/t12-/m1/s1. The fourth-order valence-electron chi connectivity index (χ4n) is 1.67. The van der Waals surface area contributed by atoms with E-state index in [1.807, 2.05) is 0 Å². The molecule has 0 aliphatic heterocycles. The van der Waals surface area contributed by atoms with E-state index < -0.39 is 16.1 Å². The maximum absolute atomic E-state index is 12.2. The van der Waals surface area contributed by atoms with Crippen LogP contribution < -0.4 is 10.5 Å². The number of aliphatic hydroxyl groups excluding tert-OH is 1. The van der Waals surface area contributed by atoms with E-state index in [4.69, 9.17) is 28.9 Å². The maximum atomic E-state index is 12.2. The van der Waals surface area contributed by atoms with Crippen LogP contribution in [-0.4, -0.2) is 25.1 Å². The Morgan fingerprint density at radius 1 is 1.27 bits per heavy atom. The van der Waals surface area contributed by atoms with E-state index in [0.29, 0.717) is 5.69 Å². The molecule has 0 bridgehead atoms. The Morgan fingerprint density at radius 2 is 1.91 bits per heavy atom. The minimum absolute atomic E-state index is 0.0400. The Bertz CT molecular complexity index is 746. The molecule has 2 rings (SSSR count). The Hall–Kier alpha value is -1.38. The van der Waals surface area contributed by atoms with Gasteiger partial charge in [0.05, 0.1) is 26.3 Å². The third-order valence-corrected chi connectivity index (χ3v) is 4.89. The summed E-state index contributed by atoms with van der Waals surface area (Å²) < 4.78 is 26.6. The molecule has 1 aromatic heterocycles. The van der Waals surface area contributed by atoms with Gasteiger partial charge in [-0.3, -0.25) is 4.98 Å². The smallest absolute Gasteiger partial charge is 0.240 e. The number of hydrogen-bond donors (Lipinski definition) is 3. The van der Waals surface area contributed by atoms with Crippen molar-refractivity contribution in [3.05, 3.63) is 52.3 Å². The van der Waals surface area contributed by atoms with Crippen molar-refractivity contribution in [2.75, 3.05) is 12.3 Å². The molecular formula is C13H13Cl2N3O3S. The highest BCUT2D eigenvalue weighted by molar-refractivity contribution is 7.89. The fraction of sp³-hybridized carbons (Fsp3) is 0.154. The quantitative estimate of drug-likeness (QED) is 0.706. The second-order valence-corrected chi connectivity index (χ2v) is 7.00. The lowest BCUT2D eigenvalue weighted by atomic mass is 10.2. The first-order valence-corrected chi connectivity index (χ1v) is 8.38. The van der Waals surface area contributed by atoms with Crippen LogP contribution >= 0.6 is 23.2 Å². The first-order chi connectivity index (χ1) is 10.3. The Kier molecular flexibility index (Phi) is 5.25. The molecule has 0 unspecified atom stereocenters. The molecule has 2 aromatic rings. The molecule has 0 amide bonds. The Balaban J connectivity index is 2.15. The summed E-state index contributed by atoms with van der Waals surface area (Å²) in [4.78, 5) is 3.81. The summed E-state index contributed by atoms with van der Waals surface area (Å²) in [5.74, 6) is 0. The maximum Gasteiger partial charge on any atom is 0.240 e. The number of nitrogens with zero attached hydrogens (tertiary/aromatic N) is 1. The molecule has 1 aromatic carbocycles. The second kappa shape index (κ2) is 6.80. The molecule has 4 N–H and O–H groups in total. The van der Waals surface area contributed by atoms with E-state index in [-0.39, 0.29) is 27.2 Å². The SMILES string of the molecule is Nc1c(Cl)cc(S(=O)(=O)NC[C@@H](O)c2ccccn2)cc1Cl. The Labute approximate surface area is 137 Å². The highest BCUT2D eigenvalue weighted by atomic mass is 35.5. The number of pyridine rings is 1. The summed E-state index contributed by atoms with van der Waals surface area (Å²) >= 11 is 11.6. The second-order valence-electron chi connectivity index (χ2n) is 4.42. The van der Waals surface area contributed by atoms with Crippen LogP contribution in [0.1, 0.15) is 11.8 Å².